The van der Waals surface area contributed by atoms with E-state index >= 15 is 0 Å². The number of ketones is 1. The summed E-state index contributed by atoms with van der Waals surface area (Å²) in [5, 5.41) is 0. The van der Waals surface area contributed by atoms with Gasteiger partial charge in [0.15, 0.2) is 0 Å². The second-order valence-corrected chi connectivity index (χ2v) is 5.02. The topological polar surface area (TPSA) is 26.3 Å². The van der Waals surface area contributed by atoms with Gasteiger partial charge in [-0.3, -0.25) is 0 Å². The van der Waals surface area contributed by atoms with Crippen LogP contribution in [0.2, 0.25) is 0 Å². The molecule has 0 aromatic carbocycles. The summed E-state index contributed by atoms with van der Waals surface area (Å²) in [6.45, 7) is 2.62. The Morgan fingerprint density at radius 2 is 2.36 bits per heavy atom. The molecule has 0 bridgehead atoms. The molecular formula is C11H20O2S. The maximum atomic E-state index is 10.7. The number of hydrogen-bond donors (Lipinski definition) is 0. The van der Waals surface area contributed by atoms with Gasteiger partial charge in [-0.1, -0.05) is 0 Å². The van der Waals surface area contributed by atoms with Crippen molar-refractivity contribution >= 4 is 17.5 Å². The monoisotopic (exact) mass is 216 g/mol. The molecule has 0 radical (unpaired) electrons. The summed E-state index contributed by atoms with van der Waals surface area (Å²) in [5.74, 6) is 2.63. The SMILES string of the molecule is CC(=O)CCCCSCC1CCCO1. The molecule has 3 heteroatoms. The van der Waals surface area contributed by atoms with Gasteiger partial charge < -0.3 is 9.53 Å². The predicted molar refractivity (Wildman–Crippen MR) is 60.8 cm³/mol. The normalized spacial score (nSPS) is 21.4. The molecule has 1 atom stereocenters. The highest BCUT2D eigenvalue weighted by molar-refractivity contribution is 7.99. The molecular weight excluding hydrogens is 196 g/mol. The minimum Gasteiger partial charge on any atom is -0.377 e. The lowest BCUT2D eigenvalue weighted by Gasteiger charge is -2.07. The summed E-state index contributed by atoms with van der Waals surface area (Å²) in [5.41, 5.74) is 0. The smallest absolute Gasteiger partial charge is 0.129 e. The second-order valence-electron chi connectivity index (χ2n) is 3.87. The van der Waals surface area contributed by atoms with Crippen LogP contribution < -0.4 is 0 Å². The van der Waals surface area contributed by atoms with Gasteiger partial charge in [0.2, 0.25) is 0 Å². The molecule has 1 aliphatic heterocycles. The molecule has 1 aliphatic rings. The average Bonchev–Trinajstić information content (AvgIpc) is 2.63. The highest BCUT2D eigenvalue weighted by atomic mass is 32.2. The molecule has 1 unspecified atom stereocenters. The molecule has 1 saturated heterocycles. The van der Waals surface area contributed by atoms with Gasteiger partial charge >= 0.3 is 0 Å². The molecule has 0 saturated carbocycles. The van der Waals surface area contributed by atoms with Crippen LogP contribution in [0.25, 0.3) is 0 Å². The predicted octanol–water partition coefficient (Wildman–Crippen LogP) is 2.66. The van der Waals surface area contributed by atoms with E-state index in [9.17, 15) is 4.79 Å². The molecule has 0 N–H and O–H groups in total. The van der Waals surface area contributed by atoms with Gasteiger partial charge in [-0.05, 0) is 38.4 Å². The van der Waals surface area contributed by atoms with Crippen molar-refractivity contribution in [3.63, 3.8) is 0 Å². The lowest BCUT2D eigenvalue weighted by Crippen LogP contribution is -2.08. The van der Waals surface area contributed by atoms with Crippen molar-refractivity contribution in [2.24, 2.45) is 0 Å². The summed E-state index contributed by atoms with van der Waals surface area (Å²) in [4.78, 5) is 10.7. The second kappa shape index (κ2) is 7.30. The Hall–Kier alpha value is -0.0200. The largest absolute Gasteiger partial charge is 0.377 e. The number of carbonyl (C=O) groups excluding carboxylic acids is 1. The van der Waals surface area contributed by atoms with Crippen LogP contribution in [0.15, 0.2) is 0 Å². The molecule has 0 spiro atoms. The molecule has 0 aromatic rings. The van der Waals surface area contributed by atoms with Gasteiger partial charge in [0, 0.05) is 18.8 Å². The quantitative estimate of drug-likeness (QED) is 0.612. The molecule has 82 valence electrons. The number of rotatable bonds is 7. The van der Waals surface area contributed by atoms with Crippen molar-refractivity contribution in [1.82, 2.24) is 0 Å². The molecule has 1 rings (SSSR count). The number of unbranched alkanes of at least 4 members (excludes halogenated alkanes) is 1. The van der Waals surface area contributed by atoms with Crippen molar-refractivity contribution in [2.75, 3.05) is 18.1 Å². The Morgan fingerprint density at radius 1 is 1.50 bits per heavy atom. The van der Waals surface area contributed by atoms with Gasteiger partial charge in [0.25, 0.3) is 0 Å². The standard InChI is InChI=1S/C11H20O2S/c1-10(12)5-2-3-8-14-9-11-6-4-7-13-11/h11H,2-9H2,1H3. The Labute approximate surface area is 90.8 Å². The molecule has 14 heavy (non-hydrogen) atoms. The molecule has 0 aromatic heterocycles. The van der Waals surface area contributed by atoms with Crippen LogP contribution in [0, 0.1) is 0 Å². The number of ether oxygens (including phenoxy) is 1. The summed E-state index contributed by atoms with van der Waals surface area (Å²) in [7, 11) is 0. The van der Waals surface area contributed by atoms with Crippen LogP contribution in [0.1, 0.15) is 39.0 Å². The van der Waals surface area contributed by atoms with E-state index < -0.39 is 0 Å². The van der Waals surface area contributed by atoms with E-state index in [4.69, 9.17) is 4.74 Å². The van der Waals surface area contributed by atoms with E-state index in [0.29, 0.717) is 11.9 Å². The van der Waals surface area contributed by atoms with Crippen LogP contribution in [-0.4, -0.2) is 30.0 Å². The van der Waals surface area contributed by atoms with E-state index in [1.54, 1.807) is 6.92 Å². The first-order chi connectivity index (χ1) is 6.79. The van der Waals surface area contributed by atoms with E-state index in [2.05, 4.69) is 0 Å². The fraction of sp³-hybridized carbons (Fsp3) is 0.909. The lowest BCUT2D eigenvalue weighted by molar-refractivity contribution is -0.117. The van der Waals surface area contributed by atoms with Crippen LogP contribution in [0.5, 0.6) is 0 Å². The Balaban J connectivity index is 1.82. The number of carbonyl (C=O) groups is 1. The first-order valence-electron chi connectivity index (χ1n) is 5.48. The zero-order valence-corrected chi connectivity index (χ0v) is 9.78. The highest BCUT2D eigenvalue weighted by Crippen LogP contribution is 2.17. The van der Waals surface area contributed by atoms with Crippen LogP contribution in [0.3, 0.4) is 0 Å². The fourth-order valence-corrected chi connectivity index (χ4v) is 2.67. The van der Waals surface area contributed by atoms with Gasteiger partial charge in [0.05, 0.1) is 6.10 Å². The Kier molecular flexibility index (Phi) is 6.28. The molecule has 0 aliphatic carbocycles. The van der Waals surface area contributed by atoms with E-state index in [1.165, 1.54) is 18.6 Å². The van der Waals surface area contributed by atoms with Gasteiger partial charge in [-0.25, -0.2) is 0 Å². The highest BCUT2D eigenvalue weighted by Gasteiger charge is 2.14. The Bertz CT molecular complexity index is 165. The van der Waals surface area contributed by atoms with Crippen molar-refractivity contribution in [1.29, 1.82) is 0 Å². The number of hydrogen-bond acceptors (Lipinski definition) is 3. The third-order valence-corrected chi connectivity index (χ3v) is 3.58. The van der Waals surface area contributed by atoms with Crippen molar-refractivity contribution in [3.05, 3.63) is 0 Å². The third-order valence-electron chi connectivity index (χ3n) is 2.40. The summed E-state index contributed by atoms with van der Waals surface area (Å²) in [6.07, 6.45) is 5.94. The Morgan fingerprint density at radius 3 is 3.00 bits per heavy atom. The van der Waals surface area contributed by atoms with E-state index in [0.717, 1.165) is 31.6 Å². The van der Waals surface area contributed by atoms with E-state index in [1.807, 2.05) is 11.8 Å². The van der Waals surface area contributed by atoms with E-state index in [-0.39, 0.29) is 0 Å². The molecule has 2 nitrogen and oxygen atoms in total. The van der Waals surface area contributed by atoms with Crippen LogP contribution >= 0.6 is 11.8 Å². The summed E-state index contributed by atoms with van der Waals surface area (Å²) < 4.78 is 5.52. The molecule has 0 amide bonds. The first-order valence-corrected chi connectivity index (χ1v) is 6.63. The van der Waals surface area contributed by atoms with Crippen LogP contribution in [-0.2, 0) is 9.53 Å². The lowest BCUT2D eigenvalue weighted by atomic mass is 10.2. The third kappa shape index (κ3) is 5.66. The number of thioether (sulfide) groups is 1. The summed E-state index contributed by atoms with van der Waals surface area (Å²) >= 11 is 1.97. The first kappa shape index (κ1) is 12.1. The van der Waals surface area contributed by atoms with Crippen molar-refractivity contribution < 1.29 is 9.53 Å². The van der Waals surface area contributed by atoms with Gasteiger partial charge in [-0.15, -0.1) is 0 Å². The van der Waals surface area contributed by atoms with Crippen LogP contribution in [0.4, 0.5) is 0 Å². The van der Waals surface area contributed by atoms with Gasteiger partial charge in [-0.2, -0.15) is 11.8 Å². The van der Waals surface area contributed by atoms with Crippen molar-refractivity contribution in [3.8, 4) is 0 Å². The summed E-state index contributed by atoms with van der Waals surface area (Å²) in [6, 6.07) is 0. The van der Waals surface area contributed by atoms with Gasteiger partial charge in [0.1, 0.15) is 5.78 Å². The minimum atomic E-state index is 0.314. The fourth-order valence-electron chi connectivity index (χ4n) is 1.57. The number of Topliss-reactive ketones (excluding diaryl/α,β-unsaturated/α-hetero) is 1. The molecule has 1 heterocycles. The zero-order valence-electron chi connectivity index (χ0n) is 8.96. The zero-order chi connectivity index (χ0) is 10.2. The minimum absolute atomic E-state index is 0.314. The maximum absolute atomic E-state index is 10.7. The maximum Gasteiger partial charge on any atom is 0.129 e. The average molecular weight is 216 g/mol. The molecule has 1 fully saturated rings. The van der Waals surface area contributed by atoms with Crippen molar-refractivity contribution in [2.45, 2.75) is 45.1 Å².